The van der Waals surface area contributed by atoms with Gasteiger partial charge in [0.25, 0.3) is 0 Å². The van der Waals surface area contributed by atoms with Crippen LogP contribution in [0.15, 0.2) is 79.4 Å². The molecule has 180 valence electrons. The van der Waals surface area contributed by atoms with Gasteiger partial charge in [-0.3, -0.25) is 14.5 Å². The molecule has 35 heavy (non-hydrogen) atoms. The second kappa shape index (κ2) is 10.5. The van der Waals surface area contributed by atoms with E-state index in [1.54, 1.807) is 23.1 Å². The second-order valence-corrected chi connectivity index (χ2v) is 7.92. The predicted molar refractivity (Wildman–Crippen MR) is 125 cm³/mol. The second-order valence-electron chi connectivity index (χ2n) is 7.92. The minimum absolute atomic E-state index is 0.302. The van der Waals surface area contributed by atoms with Gasteiger partial charge in [-0.05, 0) is 35.7 Å². The summed E-state index contributed by atoms with van der Waals surface area (Å²) >= 11 is 0. The number of amides is 1. The van der Waals surface area contributed by atoms with Crippen LogP contribution in [0, 0.1) is 0 Å². The standard InChI is InChI=1S/C25H23F3N6O/c1-34-16-20(15-32-34)19-8-10-22(31-14-19)33-24(35)23(18-5-3-2-4-6-18)29-12-11-17-7-9-21(30-13-17)25(26,27)28/h2-10,13-16,23,29H,11-12H2,1H3,(H,31,33,35)/t23-/m1/s1. The van der Waals surface area contributed by atoms with Gasteiger partial charge in [0, 0.05) is 43.3 Å². The van der Waals surface area contributed by atoms with E-state index in [0.29, 0.717) is 24.3 Å². The van der Waals surface area contributed by atoms with Gasteiger partial charge in [0.15, 0.2) is 0 Å². The Morgan fingerprint density at radius 1 is 0.971 bits per heavy atom. The summed E-state index contributed by atoms with van der Waals surface area (Å²) < 4.78 is 39.8. The molecule has 0 bridgehead atoms. The fourth-order valence-electron chi connectivity index (χ4n) is 3.52. The van der Waals surface area contributed by atoms with Crippen LogP contribution in [0.25, 0.3) is 11.1 Å². The highest BCUT2D eigenvalue weighted by Gasteiger charge is 2.32. The van der Waals surface area contributed by atoms with Gasteiger partial charge in [0.2, 0.25) is 5.91 Å². The number of hydrogen-bond donors (Lipinski definition) is 2. The minimum atomic E-state index is -4.47. The van der Waals surface area contributed by atoms with Gasteiger partial charge in [-0.15, -0.1) is 0 Å². The van der Waals surface area contributed by atoms with Crippen LogP contribution in [-0.4, -0.2) is 32.2 Å². The molecule has 0 unspecified atom stereocenters. The molecule has 0 aliphatic carbocycles. The number of carbonyl (C=O) groups excluding carboxylic acids is 1. The van der Waals surface area contributed by atoms with Gasteiger partial charge >= 0.3 is 6.18 Å². The highest BCUT2D eigenvalue weighted by atomic mass is 19.4. The van der Waals surface area contributed by atoms with Crippen LogP contribution in [0.3, 0.4) is 0 Å². The molecule has 10 heteroatoms. The van der Waals surface area contributed by atoms with Crippen molar-refractivity contribution in [3.8, 4) is 11.1 Å². The summed E-state index contributed by atoms with van der Waals surface area (Å²) in [6.45, 7) is 0.355. The van der Waals surface area contributed by atoms with E-state index in [4.69, 9.17) is 0 Å². The molecule has 0 aliphatic rings. The maximum atomic E-state index is 13.1. The molecule has 4 aromatic rings. The predicted octanol–water partition coefficient (Wildman–Crippen LogP) is 4.41. The van der Waals surface area contributed by atoms with Crippen LogP contribution in [0.1, 0.15) is 22.9 Å². The van der Waals surface area contributed by atoms with Crippen molar-refractivity contribution in [1.29, 1.82) is 0 Å². The highest BCUT2D eigenvalue weighted by molar-refractivity contribution is 5.94. The van der Waals surface area contributed by atoms with Crippen LogP contribution in [0.2, 0.25) is 0 Å². The average molecular weight is 480 g/mol. The lowest BCUT2D eigenvalue weighted by Crippen LogP contribution is -2.34. The summed E-state index contributed by atoms with van der Waals surface area (Å²) in [5.41, 5.74) is 2.24. The largest absolute Gasteiger partial charge is 0.433 e. The number of halogens is 3. The highest BCUT2D eigenvalue weighted by Crippen LogP contribution is 2.27. The van der Waals surface area contributed by atoms with Crippen molar-refractivity contribution in [2.75, 3.05) is 11.9 Å². The van der Waals surface area contributed by atoms with Crippen molar-refractivity contribution in [3.63, 3.8) is 0 Å². The first-order valence-corrected chi connectivity index (χ1v) is 10.9. The molecule has 1 aromatic carbocycles. The molecule has 1 atom stereocenters. The Morgan fingerprint density at radius 2 is 1.77 bits per heavy atom. The van der Waals surface area contributed by atoms with E-state index in [1.807, 2.05) is 49.6 Å². The first-order chi connectivity index (χ1) is 16.8. The number of anilines is 1. The molecule has 4 rings (SSSR count). The van der Waals surface area contributed by atoms with Crippen LogP contribution in [0.5, 0.6) is 0 Å². The van der Waals surface area contributed by atoms with E-state index in [1.165, 1.54) is 12.3 Å². The normalized spacial score (nSPS) is 12.3. The third-order valence-electron chi connectivity index (χ3n) is 5.33. The molecule has 2 N–H and O–H groups in total. The Balaban J connectivity index is 1.41. The molecule has 1 amide bonds. The van der Waals surface area contributed by atoms with Crippen LogP contribution in [-0.2, 0) is 24.4 Å². The molecule has 0 saturated heterocycles. The number of aromatic nitrogens is 4. The Morgan fingerprint density at radius 3 is 2.37 bits per heavy atom. The zero-order valence-corrected chi connectivity index (χ0v) is 18.8. The van der Waals surface area contributed by atoms with Gasteiger partial charge in [-0.25, -0.2) is 4.98 Å². The topological polar surface area (TPSA) is 84.7 Å². The number of carbonyl (C=O) groups is 1. The molecule has 0 spiro atoms. The minimum Gasteiger partial charge on any atom is -0.309 e. The maximum Gasteiger partial charge on any atom is 0.433 e. The van der Waals surface area contributed by atoms with Crippen LogP contribution >= 0.6 is 0 Å². The number of nitrogens with zero attached hydrogens (tertiary/aromatic N) is 4. The Bertz CT molecular complexity index is 1260. The van der Waals surface area contributed by atoms with Gasteiger partial charge in [-0.1, -0.05) is 36.4 Å². The molecule has 0 fully saturated rings. The monoisotopic (exact) mass is 480 g/mol. The fraction of sp³-hybridized carbons (Fsp3) is 0.200. The van der Waals surface area contributed by atoms with Gasteiger partial charge < -0.3 is 10.6 Å². The molecule has 7 nitrogen and oxygen atoms in total. The van der Waals surface area contributed by atoms with Crippen molar-refractivity contribution in [2.24, 2.45) is 7.05 Å². The summed E-state index contributed by atoms with van der Waals surface area (Å²) in [6, 6.07) is 14.4. The molecule has 0 aliphatic heterocycles. The lowest BCUT2D eigenvalue weighted by molar-refractivity contribution is -0.141. The number of hydrogen-bond acceptors (Lipinski definition) is 5. The Labute approximate surface area is 200 Å². The van der Waals surface area contributed by atoms with Gasteiger partial charge in [0.1, 0.15) is 17.6 Å². The van der Waals surface area contributed by atoms with Crippen molar-refractivity contribution >= 4 is 11.7 Å². The summed E-state index contributed by atoms with van der Waals surface area (Å²) in [4.78, 5) is 20.9. The van der Waals surface area contributed by atoms with E-state index in [2.05, 4.69) is 25.7 Å². The third kappa shape index (κ3) is 6.30. The molecular weight excluding hydrogens is 457 g/mol. The fourth-order valence-corrected chi connectivity index (χ4v) is 3.52. The summed E-state index contributed by atoms with van der Waals surface area (Å²) in [5.74, 6) is 0.0979. The van der Waals surface area contributed by atoms with Crippen molar-refractivity contribution in [2.45, 2.75) is 18.6 Å². The molecule has 3 aromatic heterocycles. The first kappa shape index (κ1) is 24.1. The molecular formula is C25H23F3N6O. The number of pyridine rings is 2. The maximum absolute atomic E-state index is 13.1. The van der Waals surface area contributed by atoms with E-state index >= 15 is 0 Å². The quantitative estimate of drug-likeness (QED) is 0.390. The summed E-state index contributed by atoms with van der Waals surface area (Å²) in [5, 5.41) is 10.2. The van der Waals surface area contributed by atoms with Gasteiger partial charge in [-0.2, -0.15) is 18.3 Å². The molecule has 0 radical (unpaired) electrons. The van der Waals surface area contributed by atoms with E-state index < -0.39 is 17.9 Å². The Hall–Kier alpha value is -4.05. The van der Waals surface area contributed by atoms with Crippen molar-refractivity contribution < 1.29 is 18.0 Å². The lowest BCUT2D eigenvalue weighted by atomic mass is 10.1. The molecule has 3 heterocycles. The van der Waals surface area contributed by atoms with Crippen molar-refractivity contribution in [3.05, 3.63) is 96.2 Å². The van der Waals surface area contributed by atoms with E-state index in [9.17, 15) is 18.0 Å². The van der Waals surface area contributed by atoms with Crippen molar-refractivity contribution in [1.82, 2.24) is 25.1 Å². The molecule has 0 saturated carbocycles. The SMILES string of the molecule is Cn1cc(-c2ccc(NC(=O)[C@H](NCCc3ccc(C(F)(F)F)nc3)c3ccccc3)nc2)cn1. The number of benzene rings is 1. The summed E-state index contributed by atoms with van der Waals surface area (Å²) in [6.07, 6.45) is 2.40. The number of aryl methyl sites for hydroxylation is 1. The van der Waals surface area contributed by atoms with E-state index in [-0.39, 0.29) is 5.91 Å². The van der Waals surface area contributed by atoms with E-state index in [0.717, 1.165) is 22.8 Å². The lowest BCUT2D eigenvalue weighted by Gasteiger charge is -2.19. The first-order valence-electron chi connectivity index (χ1n) is 10.9. The third-order valence-corrected chi connectivity index (χ3v) is 5.33. The zero-order chi connectivity index (χ0) is 24.8. The summed E-state index contributed by atoms with van der Waals surface area (Å²) in [7, 11) is 1.83. The van der Waals surface area contributed by atoms with Crippen LogP contribution < -0.4 is 10.6 Å². The zero-order valence-electron chi connectivity index (χ0n) is 18.8. The smallest absolute Gasteiger partial charge is 0.309 e. The number of alkyl halides is 3. The van der Waals surface area contributed by atoms with Gasteiger partial charge in [0.05, 0.1) is 6.20 Å². The average Bonchev–Trinajstić information content (AvgIpc) is 3.29. The van der Waals surface area contributed by atoms with Crippen LogP contribution in [0.4, 0.5) is 19.0 Å². The number of rotatable bonds is 8. The number of nitrogens with one attached hydrogen (secondary N) is 2. The Kier molecular flexibility index (Phi) is 7.21.